The van der Waals surface area contributed by atoms with E-state index in [9.17, 15) is 30.3 Å². The fourth-order valence-electron chi connectivity index (χ4n) is 7.92. The van der Waals surface area contributed by atoms with Crippen molar-refractivity contribution in [1.82, 2.24) is 5.32 Å². The van der Waals surface area contributed by atoms with Crippen molar-refractivity contribution in [2.75, 3.05) is 13.2 Å². The topological polar surface area (TPSA) is 149 Å². The maximum atomic E-state index is 13.0. The van der Waals surface area contributed by atoms with Crippen LogP contribution >= 0.6 is 0 Å². The Kier molecular flexibility index (Phi) is 37.0. The van der Waals surface area contributed by atoms with E-state index in [-0.39, 0.29) is 12.5 Å². The Bertz CT molecular complexity index is 904. The molecule has 338 valence electrons. The number of unbranched alkanes of at least 4 members (excludes halogenated alkanes) is 29. The number of nitrogens with one attached hydrogen (secondary N) is 1. The van der Waals surface area contributed by atoms with Gasteiger partial charge in [-0.3, -0.25) is 4.79 Å². The number of carbonyl (C=O) groups excluding carboxylic acids is 1. The van der Waals surface area contributed by atoms with Gasteiger partial charge in [-0.1, -0.05) is 199 Å². The van der Waals surface area contributed by atoms with Gasteiger partial charge in [0.2, 0.25) is 5.91 Å². The Labute approximate surface area is 350 Å². The molecule has 0 aromatic rings. The van der Waals surface area contributed by atoms with E-state index in [1.807, 2.05) is 0 Å². The maximum absolute atomic E-state index is 13.0. The maximum Gasteiger partial charge on any atom is 0.220 e. The summed E-state index contributed by atoms with van der Waals surface area (Å²) in [5.41, 5.74) is 0. The molecule has 0 spiro atoms. The first-order valence-corrected chi connectivity index (χ1v) is 24.4. The van der Waals surface area contributed by atoms with Crippen LogP contribution in [0.4, 0.5) is 0 Å². The van der Waals surface area contributed by atoms with Crippen molar-refractivity contribution < 1.29 is 39.8 Å². The Morgan fingerprint density at radius 2 is 0.982 bits per heavy atom. The van der Waals surface area contributed by atoms with Gasteiger partial charge >= 0.3 is 0 Å². The molecule has 9 heteroatoms. The third-order valence-corrected chi connectivity index (χ3v) is 11.9. The molecule has 0 saturated carbocycles. The molecule has 1 amide bonds. The van der Waals surface area contributed by atoms with Crippen molar-refractivity contribution in [2.24, 2.45) is 0 Å². The summed E-state index contributed by atoms with van der Waals surface area (Å²) in [6.07, 6.45) is 37.9. The Hall–Kier alpha value is -1.07. The molecule has 9 nitrogen and oxygen atoms in total. The van der Waals surface area contributed by atoms with Crippen LogP contribution in [0.3, 0.4) is 0 Å². The summed E-state index contributed by atoms with van der Waals surface area (Å²) in [5, 5.41) is 54.4. The molecule has 7 atom stereocenters. The third kappa shape index (κ3) is 29.7. The normalized spacial score (nSPS) is 21.0. The van der Waals surface area contributed by atoms with Gasteiger partial charge in [0.1, 0.15) is 24.4 Å². The van der Waals surface area contributed by atoms with Crippen molar-refractivity contribution in [1.29, 1.82) is 0 Å². The van der Waals surface area contributed by atoms with E-state index in [1.54, 1.807) is 0 Å². The summed E-state index contributed by atoms with van der Waals surface area (Å²) < 4.78 is 11.3. The number of aliphatic hydroxyl groups excluding tert-OH is 5. The molecule has 0 aliphatic carbocycles. The van der Waals surface area contributed by atoms with E-state index < -0.39 is 49.5 Å². The number of ether oxygens (including phenoxy) is 2. The molecule has 0 aromatic carbocycles. The highest BCUT2D eigenvalue weighted by molar-refractivity contribution is 5.76. The molecule has 0 aromatic heterocycles. The summed E-state index contributed by atoms with van der Waals surface area (Å²) in [4.78, 5) is 13.0. The van der Waals surface area contributed by atoms with Crippen LogP contribution in [-0.2, 0) is 14.3 Å². The lowest BCUT2D eigenvalue weighted by Gasteiger charge is -2.40. The zero-order valence-electron chi connectivity index (χ0n) is 37.1. The highest BCUT2D eigenvalue weighted by Crippen LogP contribution is 2.23. The predicted molar refractivity (Wildman–Crippen MR) is 235 cm³/mol. The van der Waals surface area contributed by atoms with Crippen molar-refractivity contribution >= 4 is 5.91 Å². The first kappa shape index (κ1) is 53.9. The van der Waals surface area contributed by atoms with Gasteiger partial charge in [-0.25, -0.2) is 0 Å². The van der Waals surface area contributed by atoms with Crippen LogP contribution in [0, 0.1) is 0 Å². The largest absolute Gasteiger partial charge is 0.394 e. The summed E-state index contributed by atoms with van der Waals surface area (Å²) >= 11 is 0. The lowest BCUT2D eigenvalue weighted by Crippen LogP contribution is -2.60. The smallest absolute Gasteiger partial charge is 0.220 e. The molecule has 1 rings (SSSR count). The minimum atomic E-state index is -1.55. The number of rotatable bonds is 41. The van der Waals surface area contributed by atoms with Crippen molar-refractivity contribution in [3.05, 3.63) is 12.2 Å². The second kappa shape index (κ2) is 39.1. The molecule has 0 radical (unpaired) electrons. The third-order valence-electron chi connectivity index (χ3n) is 11.9. The van der Waals surface area contributed by atoms with Crippen LogP contribution < -0.4 is 5.32 Å². The minimum Gasteiger partial charge on any atom is -0.394 e. The highest BCUT2D eigenvalue weighted by Gasteiger charge is 2.44. The molecule has 6 N–H and O–H groups in total. The monoisotopic (exact) mass is 812 g/mol. The van der Waals surface area contributed by atoms with Gasteiger partial charge < -0.3 is 40.3 Å². The SMILES string of the molecule is CCCCCCCC/C=C\CCCCCCCCCCCCCC(=O)N[C@@H](CO[C@@H]1O[C@H](CO)[C@@H](O)C(O)C1O)[C@H](O)CCCCCCCCCCCCCCC. The first-order chi connectivity index (χ1) is 27.8. The molecule has 1 heterocycles. The second-order valence-corrected chi connectivity index (χ2v) is 17.3. The van der Waals surface area contributed by atoms with E-state index in [1.165, 1.54) is 167 Å². The number of amides is 1. The van der Waals surface area contributed by atoms with Gasteiger partial charge in [0.25, 0.3) is 0 Å². The van der Waals surface area contributed by atoms with Gasteiger partial charge in [-0.15, -0.1) is 0 Å². The lowest BCUT2D eigenvalue weighted by molar-refractivity contribution is -0.302. The first-order valence-electron chi connectivity index (χ1n) is 24.4. The number of hydrogen-bond donors (Lipinski definition) is 6. The predicted octanol–water partition coefficient (Wildman–Crippen LogP) is 10.5. The number of allylic oxidation sites excluding steroid dienone is 2. The van der Waals surface area contributed by atoms with E-state index in [2.05, 4.69) is 31.3 Å². The zero-order valence-corrected chi connectivity index (χ0v) is 37.1. The van der Waals surface area contributed by atoms with Crippen LogP contribution in [0.5, 0.6) is 0 Å². The molecule has 2 unspecified atom stereocenters. The van der Waals surface area contributed by atoms with Crippen molar-refractivity contribution in [3.8, 4) is 0 Å². The van der Waals surface area contributed by atoms with E-state index in [4.69, 9.17) is 9.47 Å². The van der Waals surface area contributed by atoms with Gasteiger partial charge in [0.05, 0.1) is 25.4 Å². The number of aliphatic hydroxyl groups is 5. The summed E-state index contributed by atoms with van der Waals surface area (Å²) in [7, 11) is 0. The zero-order chi connectivity index (χ0) is 41.6. The molecule has 1 aliphatic heterocycles. The summed E-state index contributed by atoms with van der Waals surface area (Å²) in [6.45, 7) is 3.84. The van der Waals surface area contributed by atoms with E-state index in [0.717, 1.165) is 38.5 Å². The average molecular weight is 812 g/mol. The quantitative estimate of drug-likeness (QED) is 0.0264. The van der Waals surface area contributed by atoms with Gasteiger partial charge in [-0.05, 0) is 38.5 Å². The van der Waals surface area contributed by atoms with Gasteiger partial charge in [0, 0.05) is 6.42 Å². The highest BCUT2D eigenvalue weighted by atomic mass is 16.7. The fourth-order valence-corrected chi connectivity index (χ4v) is 7.92. The molecule has 1 fully saturated rings. The fraction of sp³-hybridized carbons (Fsp3) is 0.938. The van der Waals surface area contributed by atoms with Crippen LogP contribution in [0.15, 0.2) is 12.2 Å². The Morgan fingerprint density at radius 1 is 0.579 bits per heavy atom. The number of carbonyl (C=O) groups is 1. The van der Waals surface area contributed by atoms with Crippen LogP contribution in [0.2, 0.25) is 0 Å². The Morgan fingerprint density at radius 3 is 1.42 bits per heavy atom. The standard InChI is InChI=1S/C48H93NO8/c1-3-5-7-9-11-13-15-17-18-19-20-21-22-23-24-26-28-30-32-34-36-38-44(52)49-41(40-56-48-47(55)46(54)45(53)43(39-50)57-48)42(51)37-35-33-31-29-27-25-16-14-12-10-8-6-4-2/h17-18,41-43,45-48,50-51,53-55H,3-16,19-40H2,1-2H3,(H,49,52)/b18-17-/t41-,42+,43+,45+,46?,47?,48+/m0/s1. The average Bonchev–Trinajstić information content (AvgIpc) is 3.21. The Balaban J connectivity index is 2.26. The number of hydrogen-bond acceptors (Lipinski definition) is 8. The van der Waals surface area contributed by atoms with Crippen LogP contribution in [0.25, 0.3) is 0 Å². The summed E-state index contributed by atoms with van der Waals surface area (Å²) in [5.74, 6) is -0.143. The molecular formula is C48H93NO8. The van der Waals surface area contributed by atoms with Crippen LogP contribution in [0.1, 0.15) is 232 Å². The second-order valence-electron chi connectivity index (χ2n) is 17.3. The molecule has 57 heavy (non-hydrogen) atoms. The summed E-state index contributed by atoms with van der Waals surface area (Å²) in [6, 6.07) is -0.714. The van der Waals surface area contributed by atoms with E-state index in [0.29, 0.717) is 12.8 Å². The molecular weight excluding hydrogens is 719 g/mol. The molecule has 0 bridgehead atoms. The van der Waals surface area contributed by atoms with Crippen molar-refractivity contribution in [3.63, 3.8) is 0 Å². The van der Waals surface area contributed by atoms with Gasteiger partial charge in [0.15, 0.2) is 6.29 Å². The molecule has 1 aliphatic rings. The van der Waals surface area contributed by atoms with Crippen LogP contribution in [-0.4, -0.2) is 87.5 Å². The minimum absolute atomic E-state index is 0.135. The molecule has 1 saturated heterocycles. The van der Waals surface area contributed by atoms with E-state index >= 15 is 0 Å². The lowest BCUT2D eigenvalue weighted by atomic mass is 9.99. The van der Waals surface area contributed by atoms with Gasteiger partial charge in [-0.2, -0.15) is 0 Å². The van der Waals surface area contributed by atoms with Crippen molar-refractivity contribution in [2.45, 2.75) is 275 Å².